The Bertz CT molecular complexity index is 284. The third kappa shape index (κ3) is 4.76. The topological polar surface area (TPSA) is 38.9 Å². The highest BCUT2D eigenvalue weighted by molar-refractivity contribution is 9.10. The summed E-state index contributed by atoms with van der Waals surface area (Å²) in [6, 6.07) is 4.27. The summed E-state index contributed by atoms with van der Waals surface area (Å²) in [5, 5.41) is 0. The van der Waals surface area contributed by atoms with Gasteiger partial charge >= 0.3 is 0 Å². The van der Waals surface area contributed by atoms with Gasteiger partial charge in [-0.05, 0) is 40.4 Å². The van der Waals surface area contributed by atoms with E-state index in [2.05, 4.69) is 34.8 Å². The van der Waals surface area contributed by atoms with Crippen LogP contribution in [0.2, 0.25) is 0 Å². The zero-order valence-electron chi connectivity index (χ0n) is 9.41. The van der Waals surface area contributed by atoms with Crippen molar-refractivity contribution in [3.63, 3.8) is 0 Å². The molecular weight excluding hydrogens is 252 g/mol. The Morgan fingerprint density at radius 1 is 1.47 bits per heavy atom. The lowest BCUT2D eigenvalue weighted by atomic mass is 9.97. The maximum Gasteiger partial charge on any atom is 0.0419 e. The van der Waals surface area contributed by atoms with E-state index in [1.165, 1.54) is 6.42 Å². The van der Waals surface area contributed by atoms with Gasteiger partial charge in [0, 0.05) is 28.8 Å². The maximum absolute atomic E-state index is 6.07. The predicted octanol–water partition coefficient (Wildman–Crippen LogP) is 3.15. The fourth-order valence-corrected chi connectivity index (χ4v) is 1.80. The van der Waals surface area contributed by atoms with Crippen LogP contribution in [0.1, 0.15) is 32.4 Å². The smallest absolute Gasteiger partial charge is 0.0419 e. The lowest BCUT2D eigenvalue weighted by Crippen LogP contribution is -2.25. The highest BCUT2D eigenvalue weighted by Crippen LogP contribution is 2.13. The molecule has 0 bridgehead atoms. The zero-order valence-corrected chi connectivity index (χ0v) is 11.0. The quantitative estimate of drug-likeness (QED) is 0.893. The summed E-state index contributed by atoms with van der Waals surface area (Å²) in [5.41, 5.74) is 7.15. The highest BCUT2D eigenvalue weighted by Gasteiger charge is 2.08. The lowest BCUT2D eigenvalue weighted by molar-refractivity contribution is 0.448. The summed E-state index contributed by atoms with van der Waals surface area (Å²) in [6.07, 6.45) is 4.97. The number of hydrogen-bond acceptors (Lipinski definition) is 2. The van der Waals surface area contributed by atoms with Crippen LogP contribution in [0.15, 0.2) is 22.8 Å². The van der Waals surface area contributed by atoms with Crippen LogP contribution in [0.4, 0.5) is 0 Å². The maximum atomic E-state index is 6.07. The number of aromatic nitrogens is 1. The van der Waals surface area contributed by atoms with Crippen LogP contribution in [0.3, 0.4) is 0 Å². The monoisotopic (exact) mass is 270 g/mol. The first-order valence-corrected chi connectivity index (χ1v) is 6.27. The van der Waals surface area contributed by atoms with E-state index in [4.69, 9.17) is 5.73 Å². The minimum absolute atomic E-state index is 0.230. The van der Waals surface area contributed by atoms with Crippen molar-refractivity contribution in [2.24, 2.45) is 11.7 Å². The molecule has 0 fully saturated rings. The molecule has 1 heterocycles. The molecular formula is C12H19BrN2. The van der Waals surface area contributed by atoms with Gasteiger partial charge in [0.2, 0.25) is 0 Å². The first-order chi connectivity index (χ1) is 7.11. The van der Waals surface area contributed by atoms with E-state index in [0.29, 0.717) is 5.92 Å². The van der Waals surface area contributed by atoms with Crippen LogP contribution in [0, 0.1) is 5.92 Å². The van der Waals surface area contributed by atoms with Gasteiger partial charge in [-0.1, -0.05) is 20.3 Å². The largest absolute Gasteiger partial charge is 0.327 e. The van der Waals surface area contributed by atoms with Gasteiger partial charge in [-0.3, -0.25) is 4.98 Å². The van der Waals surface area contributed by atoms with Gasteiger partial charge in [0.05, 0.1) is 0 Å². The molecule has 0 saturated heterocycles. The van der Waals surface area contributed by atoms with Crippen LogP contribution >= 0.6 is 15.9 Å². The molecule has 2 N–H and O–H groups in total. The summed E-state index contributed by atoms with van der Waals surface area (Å²) in [5.74, 6) is 0.704. The van der Waals surface area contributed by atoms with Gasteiger partial charge in [-0.2, -0.15) is 0 Å². The first-order valence-electron chi connectivity index (χ1n) is 5.47. The SMILES string of the molecule is CCC(C)CC(N)Cc1ccc(Br)cn1. The summed E-state index contributed by atoms with van der Waals surface area (Å²) in [7, 11) is 0. The van der Waals surface area contributed by atoms with Crippen LogP contribution in [0.5, 0.6) is 0 Å². The molecule has 1 aromatic rings. The fourth-order valence-electron chi connectivity index (χ4n) is 1.56. The van der Waals surface area contributed by atoms with Gasteiger partial charge in [0.25, 0.3) is 0 Å². The number of nitrogens with zero attached hydrogens (tertiary/aromatic N) is 1. The minimum Gasteiger partial charge on any atom is -0.327 e. The number of hydrogen-bond donors (Lipinski definition) is 1. The van der Waals surface area contributed by atoms with Crippen LogP contribution in [-0.4, -0.2) is 11.0 Å². The summed E-state index contributed by atoms with van der Waals surface area (Å²) < 4.78 is 1.02. The molecule has 0 aliphatic rings. The Morgan fingerprint density at radius 2 is 2.20 bits per heavy atom. The van der Waals surface area contributed by atoms with E-state index < -0.39 is 0 Å². The standard InChI is InChI=1S/C12H19BrN2/c1-3-9(2)6-11(14)7-12-5-4-10(13)8-15-12/h4-5,8-9,11H,3,6-7,14H2,1-2H3. The Balaban J connectivity index is 2.44. The molecule has 0 aliphatic heterocycles. The average Bonchev–Trinajstić information content (AvgIpc) is 2.21. The number of nitrogens with two attached hydrogens (primary N) is 1. The van der Waals surface area contributed by atoms with Gasteiger partial charge in [-0.25, -0.2) is 0 Å². The van der Waals surface area contributed by atoms with E-state index in [-0.39, 0.29) is 6.04 Å². The van der Waals surface area contributed by atoms with E-state index >= 15 is 0 Å². The van der Waals surface area contributed by atoms with Gasteiger partial charge in [0.15, 0.2) is 0 Å². The Morgan fingerprint density at radius 3 is 2.73 bits per heavy atom. The molecule has 1 rings (SSSR count). The molecule has 0 amide bonds. The van der Waals surface area contributed by atoms with Crippen LogP contribution in [0.25, 0.3) is 0 Å². The summed E-state index contributed by atoms with van der Waals surface area (Å²) in [4.78, 5) is 4.32. The lowest BCUT2D eigenvalue weighted by Gasteiger charge is -2.15. The second-order valence-electron chi connectivity index (χ2n) is 4.18. The van der Waals surface area contributed by atoms with Crippen molar-refractivity contribution < 1.29 is 0 Å². The molecule has 2 unspecified atom stereocenters. The van der Waals surface area contributed by atoms with Gasteiger partial charge in [0.1, 0.15) is 0 Å². The van der Waals surface area contributed by atoms with Gasteiger partial charge < -0.3 is 5.73 Å². The van der Waals surface area contributed by atoms with E-state index in [1.807, 2.05) is 18.3 Å². The molecule has 0 spiro atoms. The third-order valence-electron chi connectivity index (χ3n) is 2.66. The molecule has 2 nitrogen and oxygen atoms in total. The predicted molar refractivity (Wildman–Crippen MR) is 67.7 cm³/mol. The van der Waals surface area contributed by atoms with Crippen LogP contribution in [-0.2, 0) is 6.42 Å². The molecule has 3 heteroatoms. The van der Waals surface area contributed by atoms with Crippen molar-refractivity contribution >= 4 is 15.9 Å². The summed E-state index contributed by atoms with van der Waals surface area (Å²) in [6.45, 7) is 4.45. The van der Waals surface area contributed by atoms with Crippen molar-refractivity contribution in [2.45, 2.75) is 39.2 Å². The molecule has 84 valence electrons. The first kappa shape index (κ1) is 12.7. The molecule has 0 aromatic carbocycles. The molecule has 2 atom stereocenters. The number of rotatable bonds is 5. The molecule has 0 saturated carbocycles. The Labute approximate surface area is 100 Å². The van der Waals surface area contributed by atoms with E-state index in [1.54, 1.807) is 0 Å². The fraction of sp³-hybridized carbons (Fsp3) is 0.583. The number of pyridine rings is 1. The van der Waals surface area contributed by atoms with Gasteiger partial charge in [-0.15, -0.1) is 0 Å². The van der Waals surface area contributed by atoms with Crippen LogP contribution < -0.4 is 5.73 Å². The van der Waals surface area contributed by atoms with Crippen molar-refractivity contribution in [3.8, 4) is 0 Å². The van der Waals surface area contributed by atoms with Crippen molar-refractivity contribution in [1.29, 1.82) is 0 Å². The van der Waals surface area contributed by atoms with E-state index in [9.17, 15) is 0 Å². The Hall–Kier alpha value is -0.410. The zero-order chi connectivity index (χ0) is 11.3. The second kappa shape index (κ2) is 6.23. The van der Waals surface area contributed by atoms with Crippen molar-refractivity contribution in [3.05, 3.63) is 28.5 Å². The normalized spacial score (nSPS) is 14.9. The molecule has 1 aromatic heterocycles. The Kier molecular flexibility index (Phi) is 5.26. The molecule has 0 aliphatic carbocycles. The molecule has 0 radical (unpaired) electrons. The second-order valence-corrected chi connectivity index (χ2v) is 5.10. The number of halogens is 1. The third-order valence-corrected chi connectivity index (χ3v) is 3.13. The van der Waals surface area contributed by atoms with Crippen molar-refractivity contribution in [1.82, 2.24) is 4.98 Å². The van der Waals surface area contributed by atoms with E-state index in [0.717, 1.165) is 23.0 Å². The van der Waals surface area contributed by atoms with Crippen molar-refractivity contribution in [2.75, 3.05) is 0 Å². The highest BCUT2D eigenvalue weighted by atomic mass is 79.9. The minimum atomic E-state index is 0.230. The molecule has 15 heavy (non-hydrogen) atoms. The summed E-state index contributed by atoms with van der Waals surface area (Å²) >= 11 is 3.37. The average molecular weight is 271 g/mol.